The number of rotatable bonds is 4. The lowest BCUT2D eigenvalue weighted by molar-refractivity contribution is 0.538. The summed E-state index contributed by atoms with van der Waals surface area (Å²) in [5.41, 5.74) is 6.67. The van der Waals surface area contributed by atoms with Crippen molar-refractivity contribution >= 4 is 11.6 Å². The first-order valence-corrected chi connectivity index (χ1v) is 6.38. The minimum Gasteiger partial charge on any atom is -0.330 e. The fourth-order valence-corrected chi connectivity index (χ4v) is 2.27. The zero-order chi connectivity index (χ0) is 13.8. The molecular weight excluding hydrogens is 268 g/mol. The molecule has 2 aromatic carbocycles. The first-order valence-electron chi connectivity index (χ1n) is 6.00. The summed E-state index contributed by atoms with van der Waals surface area (Å²) in [7, 11) is 0. The second-order valence-corrected chi connectivity index (χ2v) is 4.83. The number of nitrogens with two attached hydrogens (primary N) is 1. The maximum Gasteiger partial charge on any atom is 0.129 e. The molecule has 0 aliphatic heterocycles. The Morgan fingerprint density at radius 3 is 2.26 bits per heavy atom. The maximum atomic E-state index is 13.6. The van der Waals surface area contributed by atoms with E-state index in [1.807, 2.05) is 6.07 Å². The van der Waals surface area contributed by atoms with Crippen molar-refractivity contribution < 1.29 is 8.78 Å². The summed E-state index contributed by atoms with van der Waals surface area (Å²) >= 11 is 5.92. The van der Waals surface area contributed by atoms with Gasteiger partial charge in [0.2, 0.25) is 0 Å². The summed E-state index contributed by atoms with van der Waals surface area (Å²) in [5.74, 6) is -1.24. The van der Waals surface area contributed by atoms with Crippen molar-refractivity contribution in [1.82, 2.24) is 0 Å². The zero-order valence-electron chi connectivity index (χ0n) is 10.2. The highest BCUT2D eigenvalue weighted by atomic mass is 35.5. The standard InChI is InChI=1S/C15H14ClF2N/c16-12-4-1-3-10(7-12)11(9-19)8-13-14(17)5-2-6-15(13)18/h1-7,11H,8-9,19H2. The van der Waals surface area contributed by atoms with Crippen LogP contribution in [0.25, 0.3) is 0 Å². The van der Waals surface area contributed by atoms with Crippen molar-refractivity contribution in [2.45, 2.75) is 12.3 Å². The number of hydrogen-bond acceptors (Lipinski definition) is 1. The highest BCUT2D eigenvalue weighted by Gasteiger charge is 2.16. The van der Waals surface area contributed by atoms with Gasteiger partial charge < -0.3 is 5.73 Å². The summed E-state index contributed by atoms with van der Waals surface area (Å²) in [5, 5.41) is 0.588. The van der Waals surface area contributed by atoms with Crippen LogP contribution in [-0.4, -0.2) is 6.54 Å². The fraction of sp³-hybridized carbons (Fsp3) is 0.200. The Hall–Kier alpha value is -1.45. The molecule has 2 rings (SSSR count). The molecule has 2 N–H and O–H groups in total. The van der Waals surface area contributed by atoms with Crippen LogP contribution in [-0.2, 0) is 6.42 Å². The fourth-order valence-electron chi connectivity index (χ4n) is 2.07. The molecule has 0 aliphatic rings. The number of halogens is 3. The van der Waals surface area contributed by atoms with E-state index in [0.717, 1.165) is 5.56 Å². The highest BCUT2D eigenvalue weighted by Crippen LogP contribution is 2.25. The first-order chi connectivity index (χ1) is 9.11. The molecule has 0 saturated heterocycles. The Morgan fingerprint density at radius 1 is 1.05 bits per heavy atom. The van der Waals surface area contributed by atoms with Gasteiger partial charge in [0.1, 0.15) is 11.6 Å². The maximum absolute atomic E-state index is 13.6. The van der Waals surface area contributed by atoms with Crippen LogP contribution in [0.1, 0.15) is 17.0 Å². The van der Waals surface area contributed by atoms with E-state index in [9.17, 15) is 8.78 Å². The third kappa shape index (κ3) is 3.31. The smallest absolute Gasteiger partial charge is 0.129 e. The van der Waals surface area contributed by atoms with Crippen LogP contribution in [0.2, 0.25) is 5.02 Å². The van der Waals surface area contributed by atoms with Gasteiger partial charge in [-0.15, -0.1) is 0 Å². The van der Waals surface area contributed by atoms with Crippen LogP contribution < -0.4 is 5.73 Å². The molecule has 100 valence electrons. The van der Waals surface area contributed by atoms with Crippen LogP contribution in [0, 0.1) is 11.6 Å². The molecule has 1 nitrogen and oxygen atoms in total. The summed E-state index contributed by atoms with van der Waals surface area (Å²) < 4.78 is 27.3. The van der Waals surface area contributed by atoms with Gasteiger partial charge in [-0.1, -0.05) is 29.8 Å². The van der Waals surface area contributed by atoms with Gasteiger partial charge in [-0.2, -0.15) is 0 Å². The quantitative estimate of drug-likeness (QED) is 0.904. The van der Waals surface area contributed by atoms with Crippen molar-refractivity contribution in [2.75, 3.05) is 6.54 Å². The molecule has 19 heavy (non-hydrogen) atoms. The van der Waals surface area contributed by atoms with E-state index in [2.05, 4.69) is 0 Å². The Balaban J connectivity index is 2.29. The molecule has 0 radical (unpaired) electrons. The number of benzene rings is 2. The van der Waals surface area contributed by atoms with Gasteiger partial charge in [0.05, 0.1) is 0 Å². The lowest BCUT2D eigenvalue weighted by Gasteiger charge is -2.16. The molecular formula is C15H14ClF2N. The monoisotopic (exact) mass is 281 g/mol. The summed E-state index contributed by atoms with van der Waals surface area (Å²) in [4.78, 5) is 0. The predicted molar refractivity (Wildman–Crippen MR) is 73.3 cm³/mol. The second-order valence-electron chi connectivity index (χ2n) is 4.39. The van der Waals surface area contributed by atoms with Gasteiger partial charge >= 0.3 is 0 Å². The molecule has 0 spiro atoms. The predicted octanol–water partition coefficient (Wildman–Crippen LogP) is 3.90. The minimum atomic E-state index is -0.541. The minimum absolute atomic E-state index is 0.0675. The summed E-state index contributed by atoms with van der Waals surface area (Å²) in [6.45, 7) is 0.300. The molecule has 0 amide bonds. The average molecular weight is 282 g/mol. The Bertz CT molecular complexity index is 552. The van der Waals surface area contributed by atoms with Crippen LogP contribution in [0.15, 0.2) is 42.5 Å². The van der Waals surface area contributed by atoms with E-state index in [-0.39, 0.29) is 17.9 Å². The topological polar surface area (TPSA) is 26.0 Å². The molecule has 4 heteroatoms. The highest BCUT2D eigenvalue weighted by molar-refractivity contribution is 6.30. The van der Waals surface area contributed by atoms with Crippen LogP contribution in [0.3, 0.4) is 0 Å². The summed E-state index contributed by atoms with van der Waals surface area (Å²) in [6.07, 6.45) is 0.218. The van der Waals surface area contributed by atoms with Crippen LogP contribution >= 0.6 is 11.6 Å². The van der Waals surface area contributed by atoms with Gasteiger partial charge in [0.25, 0.3) is 0 Å². The van der Waals surface area contributed by atoms with Crippen molar-refractivity contribution in [1.29, 1.82) is 0 Å². The van der Waals surface area contributed by atoms with Crippen molar-refractivity contribution in [3.05, 3.63) is 70.2 Å². The molecule has 0 bridgehead atoms. The van der Waals surface area contributed by atoms with Gasteiger partial charge in [-0.25, -0.2) is 8.78 Å². The van der Waals surface area contributed by atoms with Crippen molar-refractivity contribution in [3.8, 4) is 0 Å². The lowest BCUT2D eigenvalue weighted by atomic mass is 9.91. The van der Waals surface area contributed by atoms with Crippen molar-refractivity contribution in [3.63, 3.8) is 0 Å². The molecule has 1 atom stereocenters. The molecule has 0 saturated carbocycles. The number of hydrogen-bond donors (Lipinski definition) is 1. The third-order valence-corrected chi connectivity index (χ3v) is 3.35. The van der Waals surface area contributed by atoms with E-state index in [1.54, 1.807) is 18.2 Å². The van der Waals surface area contributed by atoms with Gasteiger partial charge in [-0.05, 0) is 42.8 Å². The van der Waals surface area contributed by atoms with Crippen LogP contribution in [0.4, 0.5) is 8.78 Å². The second kappa shape index (κ2) is 6.13. The zero-order valence-corrected chi connectivity index (χ0v) is 11.0. The van der Waals surface area contributed by atoms with Gasteiger partial charge in [-0.3, -0.25) is 0 Å². The van der Waals surface area contributed by atoms with E-state index in [4.69, 9.17) is 17.3 Å². The Labute approximate surface area is 116 Å². The third-order valence-electron chi connectivity index (χ3n) is 3.12. The van der Waals surface area contributed by atoms with E-state index in [1.165, 1.54) is 18.2 Å². The Morgan fingerprint density at radius 2 is 1.68 bits per heavy atom. The normalized spacial score (nSPS) is 12.4. The van der Waals surface area contributed by atoms with Gasteiger partial charge in [0.15, 0.2) is 0 Å². The van der Waals surface area contributed by atoms with E-state index in [0.29, 0.717) is 11.6 Å². The van der Waals surface area contributed by atoms with Crippen LogP contribution in [0.5, 0.6) is 0 Å². The summed E-state index contributed by atoms with van der Waals surface area (Å²) in [6, 6.07) is 11.1. The Kier molecular flexibility index (Phi) is 4.51. The van der Waals surface area contributed by atoms with E-state index < -0.39 is 11.6 Å². The van der Waals surface area contributed by atoms with E-state index >= 15 is 0 Å². The lowest BCUT2D eigenvalue weighted by Crippen LogP contribution is -2.16. The average Bonchev–Trinajstić information content (AvgIpc) is 2.38. The first kappa shape index (κ1) is 14.0. The molecule has 1 unspecified atom stereocenters. The molecule has 0 heterocycles. The van der Waals surface area contributed by atoms with Crippen molar-refractivity contribution in [2.24, 2.45) is 5.73 Å². The van der Waals surface area contributed by atoms with Gasteiger partial charge in [0, 0.05) is 16.5 Å². The molecule has 0 aromatic heterocycles. The molecule has 0 aliphatic carbocycles. The SMILES string of the molecule is NCC(Cc1c(F)cccc1F)c1cccc(Cl)c1. The largest absolute Gasteiger partial charge is 0.330 e. The molecule has 2 aromatic rings. The molecule has 0 fully saturated rings.